The summed E-state index contributed by atoms with van der Waals surface area (Å²) >= 11 is 0. The van der Waals surface area contributed by atoms with Crippen LogP contribution < -0.4 is 17.2 Å². The first kappa shape index (κ1) is 14.0. The van der Waals surface area contributed by atoms with Gasteiger partial charge in [-0.25, -0.2) is 0 Å². The molecule has 0 amide bonds. The van der Waals surface area contributed by atoms with Gasteiger partial charge in [-0.15, -0.1) is 0 Å². The second kappa shape index (κ2) is 6.12. The van der Waals surface area contributed by atoms with Crippen molar-refractivity contribution in [2.24, 2.45) is 5.73 Å². The lowest BCUT2D eigenvalue weighted by molar-refractivity contribution is 0.146. The maximum atomic E-state index is 5.95. The zero-order valence-electron chi connectivity index (χ0n) is 11.4. The summed E-state index contributed by atoms with van der Waals surface area (Å²) in [5, 5.41) is 0. The molecule has 1 saturated carbocycles. The number of aromatic nitrogens is 3. The van der Waals surface area contributed by atoms with E-state index >= 15 is 0 Å². The lowest BCUT2D eigenvalue weighted by atomic mass is 9.91. The first-order valence-electron chi connectivity index (χ1n) is 6.84. The smallest absolute Gasteiger partial charge is 0.225 e. The van der Waals surface area contributed by atoms with E-state index in [1.807, 2.05) is 0 Å². The Morgan fingerprint density at radius 3 is 2.16 bits per heavy atom. The molecule has 19 heavy (non-hydrogen) atoms. The van der Waals surface area contributed by atoms with Crippen LogP contribution in [0.25, 0.3) is 0 Å². The number of nitrogens with two attached hydrogens (primary N) is 3. The predicted molar refractivity (Wildman–Crippen MR) is 75.0 cm³/mol. The van der Waals surface area contributed by atoms with Crippen LogP contribution in [-0.4, -0.2) is 38.5 Å². The fraction of sp³-hybridized carbons (Fsp3) is 0.750. The molecule has 2 rings (SSSR count). The largest absolute Gasteiger partial charge is 0.368 e. The Bertz CT molecular complexity index is 394. The Kier molecular flexibility index (Phi) is 4.49. The van der Waals surface area contributed by atoms with Gasteiger partial charge >= 0.3 is 0 Å². The first-order valence-corrected chi connectivity index (χ1v) is 6.84. The van der Waals surface area contributed by atoms with Gasteiger partial charge in [0, 0.05) is 12.1 Å². The normalized spacial score (nSPS) is 23.7. The zero-order chi connectivity index (χ0) is 13.8. The van der Waals surface area contributed by atoms with Crippen molar-refractivity contribution in [3.05, 3.63) is 5.82 Å². The average Bonchev–Trinajstić information content (AvgIpc) is 2.36. The van der Waals surface area contributed by atoms with Crippen molar-refractivity contribution in [2.75, 3.05) is 18.0 Å². The van der Waals surface area contributed by atoms with E-state index in [0.717, 1.165) is 32.2 Å². The van der Waals surface area contributed by atoms with Gasteiger partial charge in [0.05, 0.1) is 6.54 Å². The molecule has 7 nitrogen and oxygen atoms in total. The van der Waals surface area contributed by atoms with Crippen LogP contribution in [0.5, 0.6) is 0 Å². The van der Waals surface area contributed by atoms with Gasteiger partial charge in [-0.05, 0) is 32.2 Å². The molecule has 106 valence electrons. The summed E-state index contributed by atoms with van der Waals surface area (Å²) in [5.74, 6) is 1.01. The van der Waals surface area contributed by atoms with Gasteiger partial charge in [-0.3, -0.25) is 4.90 Å². The SMILES string of the molecule is CCN(Cc1nc(N)nc(N)n1)C1CCC(N)CC1. The van der Waals surface area contributed by atoms with Crippen molar-refractivity contribution < 1.29 is 0 Å². The molecule has 0 radical (unpaired) electrons. The van der Waals surface area contributed by atoms with Crippen LogP contribution in [0.15, 0.2) is 0 Å². The number of hydrogen-bond acceptors (Lipinski definition) is 7. The summed E-state index contributed by atoms with van der Waals surface area (Å²) in [6, 6.07) is 0.905. The molecule has 1 heterocycles. The third-order valence-corrected chi connectivity index (χ3v) is 3.72. The lowest BCUT2D eigenvalue weighted by Gasteiger charge is -2.34. The molecule has 6 N–H and O–H groups in total. The van der Waals surface area contributed by atoms with Crippen LogP contribution in [-0.2, 0) is 6.54 Å². The van der Waals surface area contributed by atoms with E-state index < -0.39 is 0 Å². The molecule has 1 fully saturated rings. The minimum absolute atomic E-state index is 0.184. The molecule has 0 spiro atoms. The summed E-state index contributed by atoms with van der Waals surface area (Å²) in [4.78, 5) is 14.4. The number of nitrogens with zero attached hydrogens (tertiary/aromatic N) is 4. The van der Waals surface area contributed by atoms with E-state index in [-0.39, 0.29) is 11.9 Å². The van der Waals surface area contributed by atoms with Crippen molar-refractivity contribution in [3.63, 3.8) is 0 Å². The van der Waals surface area contributed by atoms with Gasteiger partial charge in [-0.2, -0.15) is 15.0 Å². The molecule has 0 unspecified atom stereocenters. The van der Waals surface area contributed by atoms with Gasteiger partial charge < -0.3 is 17.2 Å². The molecule has 1 aliphatic rings. The Labute approximate surface area is 113 Å². The number of anilines is 2. The van der Waals surface area contributed by atoms with Gasteiger partial charge in [0.15, 0.2) is 0 Å². The van der Waals surface area contributed by atoms with Gasteiger partial charge in [0.1, 0.15) is 5.82 Å². The summed E-state index contributed by atoms with van der Waals surface area (Å²) < 4.78 is 0. The molecular weight excluding hydrogens is 242 g/mol. The maximum Gasteiger partial charge on any atom is 0.225 e. The molecule has 0 aromatic carbocycles. The van der Waals surface area contributed by atoms with Crippen LogP contribution in [0, 0.1) is 0 Å². The van der Waals surface area contributed by atoms with Crippen molar-refractivity contribution in [2.45, 2.75) is 51.2 Å². The van der Waals surface area contributed by atoms with E-state index in [9.17, 15) is 0 Å². The summed E-state index contributed by atoms with van der Waals surface area (Å²) in [6.45, 7) is 3.75. The Morgan fingerprint density at radius 2 is 1.63 bits per heavy atom. The number of rotatable bonds is 4. The lowest BCUT2D eigenvalue weighted by Crippen LogP contribution is -2.40. The van der Waals surface area contributed by atoms with E-state index in [4.69, 9.17) is 17.2 Å². The summed E-state index contributed by atoms with van der Waals surface area (Å²) in [6.07, 6.45) is 4.43. The second-order valence-electron chi connectivity index (χ2n) is 5.10. The number of hydrogen-bond donors (Lipinski definition) is 3. The standard InChI is InChI=1S/C12H23N7/c1-2-19(9-5-3-8(13)4-6-9)7-10-16-11(14)18-12(15)17-10/h8-9H,2-7,13H2,1H3,(H4,14,15,16,17,18). The second-order valence-corrected chi connectivity index (χ2v) is 5.10. The third-order valence-electron chi connectivity index (χ3n) is 3.72. The molecule has 0 aliphatic heterocycles. The van der Waals surface area contributed by atoms with Gasteiger partial charge in [0.2, 0.25) is 11.9 Å². The third kappa shape index (κ3) is 3.74. The molecule has 1 aliphatic carbocycles. The predicted octanol–water partition coefficient (Wildman–Crippen LogP) is 0.128. The highest BCUT2D eigenvalue weighted by atomic mass is 15.2. The van der Waals surface area contributed by atoms with Crippen LogP contribution >= 0.6 is 0 Å². The molecule has 7 heteroatoms. The fourth-order valence-electron chi connectivity index (χ4n) is 2.68. The molecular formula is C12H23N7. The highest BCUT2D eigenvalue weighted by Crippen LogP contribution is 2.23. The van der Waals surface area contributed by atoms with Gasteiger partial charge in [0.25, 0.3) is 0 Å². The zero-order valence-corrected chi connectivity index (χ0v) is 11.4. The molecule has 1 aromatic rings. The van der Waals surface area contributed by atoms with Crippen LogP contribution in [0.1, 0.15) is 38.4 Å². The van der Waals surface area contributed by atoms with Crippen molar-refractivity contribution in [1.82, 2.24) is 19.9 Å². The number of nitrogen functional groups attached to an aromatic ring is 2. The highest BCUT2D eigenvalue weighted by Gasteiger charge is 2.24. The summed E-state index contributed by atoms with van der Waals surface area (Å²) in [5.41, 5.74) is 17.1. The first-order chi connectivity index (χ1) is 9.08. The van der Waals surface area contributed by atoms with E-state index in [2.05, 4.69) is 26.8 Å². The molecule has 0 saturated heterocycles. The minimum Gasteiger partial charge on any atom is -0.368 e. The van der Waals surface area contributed by atoms with Gasteiger partial charge in [-0.1, -0.05) is 6.92 Å². The van der Waals surface area contributed by atoms with Crippen molar-refractivity contribution >= 4 is 11.9 Å². The Morgan fingerprint density at radius 1 is 1.05 bits per heavy atom. The monoisotopic (exact) mass is 265 g/mol. The topological polar surface area (TPSA) is 120 Å². The molecule has 1 aromatic heterocycles. The van der Waals surface area contributed by atoms with Crippen molar-refractivity contribution in [1.29, 1.82) is 0 Å². The van der Waals surface area contributed by atoms with E-state index in [1.54, 1.807) is 0 Å². The van der Waals surface area contributed by atoms with Crippen LogP contribution in [0.2, 0.25) is 0 Å². The maximum absolute atomic E-state index is 5.95. The molecule has 0 atom stereocenters. The minimum atomic E-state index is 0.184. The highest BCUT2D eigenvalue weighted by molar-refractivity contribution is 5.25. The van der Waals surface area contributed by atoms with E-state index in [0.29, 0.717) is 24.5 Å². The Balaban J connectivity index is 2.02. The fourth-order valence-corrected chi connectivity index (χ4v) is 2.68. The van der Waals surface area contributed by atoms with E-state index in [1.165, 1.54) is 0 Å². The summed E-state index contributed by atoms with van der Waals surface area (Å²) in [7, 11) is 0. The quantitative estimate of drug-likeness (QED) is 0.707. The molecule has 0 bridgehead atoms. The Hall–Kier alpha value is -1.47. The van der Waals surface area contributed by atoms with Crippen molar-refractivity contribution in [3.8, 4) is 0 Å². The van der Waals surface area contributed by atoms with Crippen LogP contribution in [0.4, 0.5) is 11.9 Å². The average molecular weight is 265 g/mol. The van der Waals surface area contributed by atoms with Crippen LogP contribution in [0.3, 0.4) is 0 Å².